The van der Waals surface area contributed by atoms with Crippen LogP contribution in [0.1, 0.15) is 764 Å². The van der Waals surface area contributed by atoms with Gasteiger partial charge >= 0.3 is 0 Å². The van der Waals surface area contributed by atoms with Crippen LogP contribution in [0.5, 0.6) is 0 Å². The van der Waals surface area contributed by atoms with Crippen LogP contribution in [-0.2, 0) is 0 Å². The summed E-state index contributed by atoms with van der Waals surface area (Å²) in [7, 11) is 0. The average Bonchev–Trinajstić information content (AvgIpc) is 1.81. The molecule has 0 aromatic heterocycles. The van der Waals surface area contributed by atoms with Crippen LogP contribution in [0.15, 0.2) is 48.5 Å². The summed E-state index contributed by atoms with van der Waals surface area (Å²) in [4.78, 5) is 0. The molecular weight excluding hydrogens is 1780 g/mol. The molecule has 0 saturated heterocycles. The molecule has 0 nitrogen and oxygen atoms in total. The molecule has 11 aliphatic rings. The van der Waals surface area contributed by atoms with E-state index in [0.29, 0.717) is 0 Å². The van der Waals surface area contributed by atoms with E-state index in [2.05, 4.69) is 381 Å². The maximum Gasteiger partial charge on any atom is -0.0184 e. The maximum atomic E-state index is 2.37. The summed E-state index contributed by atoms with van der Waals surface area (Å²) in [5.74, 6) is 22.9. The Morgan fingerprint density at radius 2 is 0.257 bits per heavy atom. The molecule has 0 aliphatic heterocycles. The van der Waals surface area contributed by atoms with Gasteiger partial charge in [0, 0.05) is 0 Å². The van der Waals surface area contributed by atoms with Crippen molar-refractivity contribution in [3.8, 4) is 0 Å². The summed E-state index contributed by atoms with van der Waals surface area (Å²) in [6, 6.07) is 16.7. The van der Waals surface area contributed by atoms with Crippen molar-refractivity contribution in [3.63, 3.8) is 0 Å². The quantitative estimate of drug-likeness (QED) is 0.247. The normalized spacial score (nSPS) is 18.3. The minimum atomic E-state index is 0.833. The molecule has 13 rings (SSSR count). The number of hydrogen-bond acceptors (Lipinski definition) is 0. The summed E-state index contributed by atoms with van der Waals surface area (Å²) in [5.41, 5.74) is 0. The van der Waals surface area contributed by atoms with Crippen LogP contribution in [0.4, 0.5) is 0 Å². The highest BCUT2D eigenvalue weighted by Crippen LogP contribution is 2.46. The lowest BCUT2D eigenvalue weighted by Gasteiger charge is -2.30. The Labute approximate surface area is 959 Å². The van der Waals surface area contributed by atoms with Crippen molar-refractivity contribution in [2.75, 3.05) is 0 Å². The lowest BCUT2D eigenvalue weighted by Crippen LogP contribution is -2.17. The van der Waals surface area contributed by atoms with Crippen molar-refractivity contribution < 1.29 is 0 Å². The molecule has 11 saturated carbocycles. The SMILES string of the molecule is C1CC2CCC1C2.C1CC2CCC1C2.C1CC2CCC1C2.C1CCCCC1.C1CCCCC1.C1CCCCC1.C1CCCCC1.CC.CC.CC.CC.CC.CC.CC.CC.CC(C)C.CC(C)C.CC(C)C.CC(C)C.CC(C)C.CC(C)C.CC(C)C.CC(C)C.CC(C)C.CCC(C)C.CCC(C)C.CCC(C)C.CCC(C)C.CCC(C)C.CCC(C)C.CCC1CCC(C(C)C)CC1.c1ccc2ccccc2c1. The molecule has 11 aliphatic carbocycles. The summed E-state index contributed by atoms with van der Waals surface area (Å²) in [5, 5.41) is 2.62. The van der Waals surface area contributed by atoms with Gasteiger partial charge in [-0.15, -0.1) is 0 Å². The van der Waals surface area contributed by atoms with Gasteiger partial charge in [-0.25, -0.2) is 0 Å². The molecule has 0 unspecified atom stereocenters. The zero-order valence-electron chi connectivity index (χ0n) is 119. The summed E-state index contributed by atoms with van der Waals surface area (Å²) < 4.78 is 0. The van der Waals surface area contributed by atoms with Gasteiger partial charge in [-0.05, 0) is 185 Å². The Morgan fingerprint density at radius 1 is 0.162 bits per heavy atom. The lowest BCUT2D eigenvalue weighted by molar-refractivity contribution is 0.221. The lowest BCUT2D eigenvalue weighted by atomic mass is 9.76. The van der Waals surface area contributed by atoms with E-state index in [1.165, 1.54) is 271 Å². The van der Waals surface area contributed by atoms with E-state index in [-0.39, 0.29) is 0 Å². The molecule has 0 N–H and O–H groups in total. The molecule has 0 heterocycles. The van der Waals surface area contributed by atoms with Crippen LogP contribution >= 0.6 is 0 Å². The van der Waals surface area contributed by atoms with E-state index in [0.717, 1.165) is 107 Å². The first kappa shape index (κ1) is 191. The molecule has 2 aromatic rings. The van der Waals surface area contributed by atoms with E-state index >= 15 is 0 Å². The summed E-state index contributed by atoms with van der Waals surface area (Å²) >= 11 is 0. The highest BCUT2D eigenvalue weighted by molar-refractivity contribution is 5.82. The van der Waals surface area contributed by atoms with Crippen LogP contribution in [-0.4, -0.2) is 0 Å². The number of hydrogen-bond donors (Lipinski definition) is 0. The van der Waals surface area contributed by atoms with Crippen LogP contribution in [0.3, 0.4) is 0 Å². The molecule has 2 aromatic carbocycles. The standard InChI is InChI=1S/C11H22.C10H8.3C7H12.4C6H12.6C5H12.9C4H10.8C2H6/c1-4-10-5-7-11(8-6-10)9(2)3;1-2-6-10-8-4-3-7-9(10)5-1;3*1-2-7-4-3-6(1)5-7;4*1-2-4-6-5-3-1;6*1-4-5(2)3;9*1-4(2)3;8*1-2/h9-11H,4-8H2,1-3H3;1-8H;3*6-7H,1-5H2;4*1-6H2;6*5H,4H2,1-3H3;9*4H,1-3H3;8*1-2H3. The zero-order valence-corrected chi connectivity index (χ0v) is 119. The van der Waals surface area contributed by atoms with Crippen molar-refractivity contribution >= 4 is 10.8 Å². The van der Waals surface area contributed by atoms with Crippen LogP contribution in [0.25, 0.3) is 10.8 Å². The molecule has 0 spiro atoms. The number of fused-ring (bicyclic) bond motifs is 7. The molecule has 6 bridgehead atoms. The second-order valence-electron chi connectivity index (χ2n) is 51.0. The predicted octanol–water partition coefficient (Wildman–Crippen LogP) is 58.1. The highest BCUT2D eigenvalue weighted by atomic mass is 14.4. The van der Waals surface area contributed by atoms with Gasteiger partial charge in [0.2, 0.25) is 0 Å². The molecular formula is C148H324. The van der Waals surface area contributed by atoms with Crippen LogP contribution in [0.2, 0.25) is 0 Å². The predicted molar refractivity (Wildman–Crippen MR) is 722 cm³/mol. The third-order valence-electron chi connectivity index (χ3n) is 23.9. The van der Waals surface area contributed by atoms with Crippen molar-refractivity contribution in [2.24, 2.45) is 142 Å². The second kappa shape index (κ2) is 168. The van der Waals surface area contributed by atoms with Crippen LogP contribution < -0.4 is 0 Å². The van der Waals surface area contributed by atoms with Gasteiger partial charge in [0.05, 0.1) is 0 Å². The Morgan fingerprint density at radius 3 is 0.318 bits per heavy atom. The van der Waals surface area contributed by atoms with Crippen molar-refractivity contribution in [3.05, 3.63) is 48.5 Å². The monoisotopic (exact) mass is 2100 g/mol. The first-order chi connectivity index (χ1) is 69.8. The van der Waals surface area contributed by atoms with Gasteiger partial charge in [0.1, 0.15) is 0 Å². The average molecular weight is 2100 g/mol. The molecule has 0 heteroatoms. The van der Waals surface area contributed by atoms with Gasteiger partial charge < -0.3 is 0 Å². The second-order valence-corrected chi connectivity index (χ2v) is 51.0. The van der Waals surface area contributed by atoms with Gasteiger partial charge in [-0.2, -0.15) is 0 Å². The molecule has 0 radical (unpaired) electrons. The minimum absolute atomic E-state index is 0.833. The fourth-order valence-electron chi connectivity index (χ4n) is 14.2. The highest BCUT2D eigenvalue weighted by Gasteiger charge is 2.32. The summed E-state index contributed by atoms with van der Waals surface area (Å²) in [6.07, 6.45) is 74.7. The van der Waals surface area contributed by atoms with Crippen molar-refractivity contribution in [1.29, 1.82) is 0 Å². The Bertz CT molecular complexity index is 1780. The molecule has 0 amide bonds. The number of rotatable bonds is 8. The Balaban J connectivity index is -0.0000000690. The van der Waals surface area contributed by atoms with Crippen LogP contribution in [0, 0.1) is 142 Å². The third-order valence-corrected chi connectivity index (χ3v) is 23.9. The Hall–Kier alpha value is -1.30. The van der Waals surface area contributed by atoms with Gasteiger partial charge in [-0.3, -0.25) is 0 Å². The van der Waals surface area contributed by atoms with Gasteiger partial charge in [0.25, 0.3) is 0 Å². The molecule has 916 valence electrons. The maximum absolute atomic E-state index is 2.37. The zero-order chi connectivity index (χ0) is 120. The van der Waals surface area contributed by atoms with Gasteiger partial charge in [0.15, 0.2) is 0 Å². The fraction of sp³-hybridized carbons (Fsp3) is 0.932. The fourth-order valence-corrected chi connectivity index (χ4v) is 14.2. The van der Waals surface area contributed by atoms with Crippen molar-refractivity contribution in [2.45, 2.75) is 764 Å². The van der Waals surface area contributed by atoms with E-state index in [9.17, 15) is 0 Å². The first-order valence-electron chi connectivity index (χ1n) is 68.2. The molecule has 0 atom stereocenters. The van der Waals surface area contributed by atoms with Gasteiger partial charge in [-0.1, -0.05) is 781 Å². The third kappa shape index (κ3) is 244. The number of benzene rings is 2. The first-order valence-corrected chi connectivity index (χ1v) is 68.2. The van der Waals surface area contributed by atoms with E-state index in [1.807, 2.05) is 111 Å². The topological polar surface area (TPSA) is 0 Å². The molecule has 11 fully saturated rings. The molecule has 148 heavy (non-hydrogen) atoms. The summed E-state index contributed by atoms with van der Waals surface area (Å²) in [6.45, 7) is 137. The van der Waals surface area contributed by atoms with Crippen molar-refractivity contribution in [1.82, 2.24) is 0 Å². The smallest absolute Gasteiger partial charge is 0.0184 e. The minimum Gasteiger partial charge on any atom is -0.0683 e. The Kier molecular flexibility index (Phi) is 217. The largest absolute Gasteiger partial charge is 0.0683 e. The van der Waals surface area contributed by atoms with E-state index in [4.69, 9.17) is 0 Å². The van der Waals surface area contributed by atoms with E-state index < -0.39 is 0 Å². The van der Waals surface area contributed by atoms with E-state index in [1.54, 1.807) is 96.3 Å².